The number of nitrogens with zero attached hydrogens (tertiary/aromatic N) is 3. The maximum Gasteiger partial charge on any atom is 0.263 e. The quantitative estimate of drug-likeness (QED) is 0.412. The van der Waals surface area contributed by atoms with Crippen molar-refractivity contribution in [3.63, 3.8) is 0 Å². The van der Waals surface area contributed by atoms with E-state index in [0.29, 0.717) is 37.6 Å². The maximum absolute atomic E-state index is 13.7. The topological polar surface area (TPSA) is 90.4 Å². The molecule has 1 N–H and O–H groups in total. The van der Waals surface area contributed by atoms with Crippen molar-refractivity contribution < 1.29 is 14.3 Å². The molecule has 5 rings (SSSR count). The maximum atomic E-state index is 13.7. The zero-order valence-corrected chi connectivity index (χ0v) is 18.1. The number of phenols is 1. The number of thiophene rings is 1. The van der Waals surface area contributed by atoms with Gasteiger partial charge in [-0.15, -0.1) is 11.3 Å². The minimum absolute atomic E-state index is 0.0504. The second kappa shape index (κ2) is 7.40. The fourth-order valence-electron chi connectivity index (χ4n) is 3.63. The molecule has 0 aliphatic heterocycles. The van der Waals surface area contributed by atoms with Gasteiger partial charge in [0, 0.05) is 10.9 Å². The smallest absolute Gasteiger partial charge is 0.263 e. The molecule has 3 heterocycles. The van der Waals surface area contributed by atoms with Crippen molar-refractivity contribution in [2.24, 2.45) is 0 Å². The lowest BCUT2D eigenvalue weighted by molar-refractivity contribution is 0.414. The number of aromatic nitrogens is 3. The fourth-order valence-corrected chi connectivity index (χ4v) is 4.95. The van der Waals surface area contributed by atoms with Crippen LogP contribution in [0.5, 0.6) is 11.5 Å². The second-order valence-electron chi connectivity index (χ2n) is 7.03. The summed E-state index contributed by atoms with van der Waals surface area (Å²) in [5, 5.41) is 11.7. The largest absolute Gasteiger partial charge is 0.505 e. The lowest BCUT2D eigenvalue weighted by Crippen LogP contribution is -2.23. The van der Waals surface area contributed by atoms with Crippen molar-refractivity contribution in [3.8, 4) is 22.9 Å². The molecule has 3 aromatic heterocycles. The van der Waals surface area contributed by atoms with Gasteiger partial charge in [0.25, 0.3) is 5.56 Å². The number of hydrogen-bond acceptors (Lipinski definition) is 7. The first-order valence-electron chi connectivity index (χ1n) is 9.35. The molecule has 0 saturated carbocycles. The molecule has 0 aliphatic carbocycles. The molecule has 9 heteroatoms. The van der Waals surface area contributed by atoms with Crippen molar-refractivity contribution in [2.45, 2.75) is 13.5 Å². The van der Waals surface area contributed by atoms with E-state index in [1.807, 2.05) is 25.1 Å². The number of oxazole rings is 1. The van der Waals surface area contributed by atoms with Gasteiger partial charge in [0.2, 0.25) is 0 Å². The predicted octanol–water partition coefficient (Wildman–Crippen LogP) is 4.99. The first-order chi connectivity index (χ1) is 15.0. The Bertz CT molecular complexity index is 1510. The van der Waals surface area contributed by atoms with E-state index in [1.54, 1.807) is 30.0 Å². The van der Waals surface area contributed by atoms with Gasteiger partial charge in [0.15, 0.2) is 12.1 Å². The van der Waals surface area contributed by atoms with Crippen molar-refractivity contribution in [2.75, 3.05) is 7.11 Å². The molecule has 2 aromatic carbocycles. The molecule has 7 nitrogen and oxygen atoms in total. The molecule has 0 atom stereocenters. The highest BCUT2D eigenvalue weighted by Gasteiger charge is 2.21. The number of rotatable bonds is 4. The molecule has 0 unspecified atom stereocenters. The van der Waals surface area contributed by atoms with E-state index < -0.39 is 0 Å². The van der Waals surface area contributed by atoms with Crippen LogP contribution in [-0.2, 0) is 6.54 Å². The Kier molecular flexibility index (Phi) is 4.68. The first kappa shape index (κ1) is 19.6. The monoisotopic (exact) mass is 453 g/mol. The lowest BCUT2D eigenvalue weighted by atomic mass is 10.1. The molecule has 0 amide bonds. The Hall–Kier alpha value is -3.36. The zero-order valence-electron chi connectivity index (χ0n) is 16.5. The van der Waals surface area contributed by atoms with Crippen LogP contribution in [0.15, 0.2) is 52.1 Å². The van der Waals surface area contributed by atoms with E-state index in [2.05, 4.69) is 4.98 Å². The number of fused-ring (bicyclic) bond motifs is 3. The van der Waals surface area contributed by atoms with Crippen LogP contribution in [0.3, 0.4) is 0 Å². The summed E-state index contributed by atoms with van der Waals surface area (Å²) in [4.78, 5) is 23.0. The molecular weight excluding hydrogens is 438 g/mol. The molecule has 156 valence electrons. The fraction of sp³-hybridized carbons (Fsp3) is 0.136. The van der Waals surface area contributed by atoms with Crippen LogP contribution in [-0.4, -0.2) is 26.8 Å². The van der Waals surface area contributed by atoms with Crippen LogP contribution >= 0.6 is 22.9 Å². The summed E-state index contributed by atoms with van der Waals surface area (Å²) in [5.41, 5.74) is 1.46. The van der Waals surface area contributed by atoms with Gasteiger partial charge >= 0.3 is 0 Å². The van der Waals surface area contributed by atoms with E-state index >= 15 is 0 Å². The van der Waals surface area contributed by atoms with Crippen molar-refractivity contribution in [1.82, 2.24) is 14.5 Å². The molecule has 0 radical (unpaired) electrons. The van der Waals surface area contributed by atoms with Crippen molar-refractivity contribution in [3.05, 3.63) is 69.6 Å². The minimum atomic E-state index is -0.236. The van der Waals surface area contributed by atoms with E-state index in [4.69, 9.17) is 25.7 Å². The normalized spacial score (nSPS) is 11.5. The van der Waals surface area contributed by atoms with Gasteiger partial charge in [-0.3, -0.25) is 9.36 Å². The number of halogens is 1. The number of aryl methyl sites for hydroxylation is 1. The number of methoxy groups -OCH3 is 1. The van der Waals surface area contributed by atoms with E-state index in [9.17, 15) is 9.90 Å². The summed E-state index contributed by atoms with van der Waals surface area (Å²) in [6, 6.07) is 8.90. The molecule has 0 saturated heterocycles. The molecule has 5 aromatic rings. The number of hydrogen-bond donors (Lipinski definition) is 1. The van der Waals surface area contributed by atoms with E-state index in [1.165, 1.54) is 17.7 Å². The van der Waals surface area contributed by atoms with Gasteiger partial charge in [0.05, 0.1) is 35.0 Å². The summed E-state index contributed by atoms with van der Waals surface area (Å²) in [6.07, 6.45) is 2.89. The van der Waals surface area contributed by atoms with Gasteiger partial charge in [-0.1, -0.05) is 17.7 Å². The zero-order chi connectivity index (χ0) is 21.7. The third-order valence-corrected chi connectivity index (χ3v) is 6.57. The molecule has 0 spiro atoms. The van der Waals surface area contributed by atoms with Crippen LogP contribution in [0.1, 0.15) is 11.3 Å². The molecule has 0 fully saturated rings. The minimum Gasteiger partial charge on any atom is -0.505 e. The van der Waals surface area contributed by atoms with E-state index in [-0.39, 0.29) is 22.9 Å². The Morgan fingerprint density at radius 3 is 2.84 bits per heavy atom. The third-order valence-electron chi connectivity index (χ3n) is 5.16. The van der Waals surface area contributed by atoms with Gasteiger partial charge in [0.1, 0.15) is 22.2 Å². The molecule has 0 bridgehead atoms. The van der Waals surface area contributed by atoms with Crippen molar-refractivity contribution >= 4 is 43.2 Å². The van der Waals surface area contributed by atoms with Crippen LogP contribution < -0.4 is 10.3 Å². The van der Waals surface area contributed by atoms with Gasteiger partial charge in [-0.25, -0.2) is 9.97 Å². The Morgan fingerprint density at radius 1 is 1.29 bits per heavy atom. The second-order valence-corrected chi connectivity index (χ2v) is 8.44. The average molecular weight is 454 g/mol. The number of benzene rings is 2. The average Bonchev–Trinajstić information content (AvgIpc) is 3.40. The van der Waals surface area contributed by atoms with Gasteiger partial charge in [-0.05, 0) is 36.8 Å². The number of phenolic OH excluding ortho intramolecular Hbond substituents is 1. The summed E-state index contributed by atoms with van der Waals surface area (Å²) in [7, 11) is 1.60. The Morgan fingerprint density at radius 2 is 2.13 bits per heavy atom. The lowest BCUT2D eigenvalue weighted by Gasteiger charge is -2.14. The highest BCUT2D eigenvalue weighted by molar-refractivity contribution is 7.25. The van der Waals surface area contributed by atoms with Crippen LogP contribution in [0, 0.1) is 6.92 Å². The van der Waals surface area contributed by atoms with E-state index in [0.717, 1.165) is 11.1 Å². The van der Waals surface area contributed by atoms with Gasteiger partial charge in [-0.2, -0.15) is 0 Å². The standard InChI is InChI=1S/C22H16ClN3O4S/c1-11-7-12(29-2)3-4-14(11)20-25-21-17(15-5-6-16(23)18(27)19(15)31-21)22(28)26(20)9-13-8-24-10-30-13/h3-8,10,27H,9H2,1-2H3. The Balaban J connectivity index is 1.86. The molecule has 0 aliphatic rings. The highest BCUT2D eigenvalue weighted by atomic mass is 35.5. The van der Waals surface area contributed by atoms with Crippen LogP contribution in [0.2, 0.25) is 5.02 Å². The summed E-state index contributed by atoms with van der Waals surface area (Å²) in [5.74, 6) is 1.69. The van der Waals surface area contributed by atoms with Crippen molar-refractivity contribution in [1.29, 1.82) is 0 Å². The first-order valence-corrected chi connectivity index (χ1v) is 10.5. The Labute approximate surface area is 185 Å². The third kappa shape index (κ3) is 3.15. The SMILES string of the molecule is COc1ccc(-c2nc3sc4c(O)c(Cl)ccc4c3c(=O)n2Cc2cnco2)c(C)c1. The summed E-state index contributed by atoms with van der Waals surface area (Å²) < 4.78 is 12.8. The van der Waals surface area contributed by atoms with Crippen LogP contribution in [0.25, 0.3) is 31.7 Å². The summed E-state index contributed by atoms with van der Waals surface area (Å²) >= 11 is 7.32. The predicted molar refractivity (Wildman–Crippen MR) is 120 cm³/mol. The van der Waals surface area contributed by atoms with Gasteiger partial charge < -0.3 is 14.3 Å². The molecule has 31 heavy (non-hydrogen) atoms. The highest BCUT2D eigenvalue weighted by Crippen LogP contribution is 2.41. The number of aromatic hydroxyl groups is 1. The molecular formula is C22H16ClN3O4S. The van der Waals surface area contributed by atoms with Crippen LogP contribution in [0.4, 0.5) is 0 Å². The number of ether oxygens (including phenoxy) is 1. The summed E-state index contributed by atoms with van der Waals surface area (Å²) in [6.45, 7) is 2.10.